The molecule has 0 radical (unpaired) electrons. The van der Waals surface area contributed by atoms with Gasteiger partial charge in [-0.15, -0.1) is 0 Å². The molecule has 0 fully saturated rings. The quantitative estimate of drug-likeness (QED) is 0.749. The van der Waals surface area contributed by atoms with Gasteiger partial charge in [0.2, 0.25) is 0 Å². The summed E-state index contributed by atoms with van der Waals surface area (Å²) in [7, 11) is 0. The summed E-state index contributed by atoms with van der Waals surface area (Å²) >= 11 is 1.73. The molecule has 3 rings (SSSR count). The Balaban J connectivity index is 1.70. The molecule has 0 bridgehead atoms. The van der Waals surface area contributed by atoms with Crippen LogP contribution in [0.2, 0.25) is 0 Å². The Kier molecular flexibility index (Phi) is 3.76. The molecule has 3 aromatic rings. The first kappa shape index (κ1) is 12.2. The Bertz CT molecular complexity index is 486. The average molecular weight is 273 g/mol. The number of furan rings is 1. The summed E-state index contributed by atoms with van der Waals surface area (Å²) in [5.41, 5.74) is 2.44. The molecule has 4 nitrogen and oxygen atoms in total. The van der Waals surface area contributed by atoms with Crippen molar-refractivity contribution in [2.45, 2.75) is 19.6 Å². The van der Waals surface area contributed by atoms with Gasteiger partial charge in [-0.1, -0.05) is 0 Å². The van der Waals surface area contributed by atoms with Gasteiger partial charge in [0, 0.05) is 25.0 Å². The Hall–Kier alpha value is -1.85. The Morgan fingerprint density at radius 1 is 1.26 bits per heavy atom. The Morgan fingerprint density at radius 3 is 2.95 bits per heavy atom. The van der Waals surface area contributed by atoms with Gasteiger partial charge >= 0.3 is 0 Å². The molecule has 0 aliphatic rings. The summed E-state index contributed by atoms with van der Waals surface area (Å²) in [6, 6.07) is 6.09. The number of rotatable bonds is 6. The zero-order chi connectivity index (χ0) is 12.9. The highest BCUT2D eigenvalue weighted by Crippen LogP contribution is 2.15. The molecule has 0 aliphatic heterocycles. The molecular formula is C14H15N3OS. The molecule has 0 spiro atoms. The fourth-order valence-corrected chi connectivity index (χ4v) is 2.70. The van der Waals surface area contributed by atoms with Crippen molar-refractivity contribution >= 4 is 11.3 Å². The van der Waals surface area contributed by atoms with Crippen LogP contribution in [0.25, 0.3) is 0 Å². The highest BCUT2D eigenvalue weighted by molar-refractivity contribution is 7.07. The number of thiophene rings is 1. The van der Waals surface area contributed by atoms with E-state index in [9.17, 15) is 0 Å². The second kappa shape index (κ2) is 5.86. The molecule has 0 saturated heterocycles. The maximum atomic E-state index is 5.44. The lowest BCUT2D eigenvalue weighted by molar-refractivity contribution is 0.225. The highest BCUT2D eigenvalue weighted by atomic mass is 32.1. The molecule has 98 valence electrons. The molecule has 0 amide bonds. The zero-order valence-electron chi connectivity index (χ0n) is 10.5. The van der Waals surface area contributed by atoms with Crippen LogP contribution in [0, 0.1) is 0 Å². The summed E-state index contributed by atoms with van der Waals surface area (Å²) in [6.45, 7) is 2.53. The molecule has 0 unspecified atom stereocenters. The summed E-state index contributed by atoms with van der Waals surface area (Å²) in [4.78, 5) is 9.54. The Labute approximate surface area is 115 Å². The number of hydrogen-bond acceptors (Lipinski definition) is 4. The van der Waals surface area contributed by atoms with Crippen molar-refractivity contribution in [3.05, 3.63) is 64.8 Å². The van der Waals surface area contributed by atoms with Gasteiger partial charge in [0.15, 0.2) is 0 Å². The third-order valence-corrected chi connectivity index (χ3v) is 3.63. The average Bonchev–Trinajstić information content (AvgIpc) is 3.10. The van der Waals surface area contributed by atoms with E-state index in [2.05, 4.69) is 31.7 Å². The van der Waals surface area contributed by atoms with Crippen molar-refractivity contribution in [2.75, 3.05) is 0 Å². The largest absolute Gasteiger partial charge is 0.468 e. The van der Waals surface area contributed by atoms with E-state index < -0.39 is 0 Å². The predicted octanol–water partition coefficient (Wildman–Crippen LogP) is 3.27. The topological polar surface area (TPSA) is 45.1 Å². The van der Waals surface area contributed by atoms with Gasteiger partial charge < -0.3 is 9.40 Å². The van der Waals surface area contributed by atoms with Gasteiger partial charge in [0.1, 0.15) is 5.76 Å². The first-order valence-electron chi connectivity index (χ1n) is 6.13. The van der Waals surface area contributed by atoms with Crippen LogP contribution < -0.4 is 0 Å². The molecule has 0 atom stereocenters. The van der Waals surface area contributed by atoms with E-state index in [4.69, 9.17) is 4.42 Å². The molecular weight excluding hydrogens is 258 g/mol. The van der Waals surface area contributed by atoms with Gasteiger partial charge in [0.25, 0.3) is 0 Å². The van der Waals surface area contributed by atoms with Gasteiger partial charge in [-0.2, -0.15) is 11.3 Å². The standard InChI is InChI=1S/C14H15N3OS/c1-2-14(18-4-1)9-17(7-12-3-5-19-10-12)8-13-6-15-11-16-13/h1-6,10-11H,7-9H2,(H,15,16). The molecule has 0 aromatic carbocycles. The fourth-order valence-electron chi connectivity index (χ4n) is 2.04. The van der Waals surface area contributed by atoms with Crippen molar-refractivity contribution in [1.29, 1.82) is 0 Å². The van der Waals surface area contributed by atoms with Crippen LogP contribution in [0.15, 0.2) is 52.2 Å². The first-order valence-corrected chi connectivity index (χ1v) is 7.07. The number of nitrogens with zero attached hydrogens (tertiary/aromatic N) is 2. The molecule has 5 heteroatoms. The lowest BCUT2D eigenvalue weighted by Crippen LogP contribution is -2.22. The first-order chi connectivity index (χ1) is 9.40. The summed E-state index contributed by atoms with van der Waals surface area (Å²) < 4.78 is 5.44. The van der Waals surface area contributed by atoms with E-state index in [1.807, 2.05) is 18.3 Å². The lowest BCUT2D eigenvalue weighted by atomic mass is 10.2. The fraction of sp³-hybridized carbons (Fsp3) is 0.214. The van der Waals surface area contributed by atoms with Crippen LogP contribution >= 0.6 is 11.3 Å². The zero-order valence-corrected chi connectivity index (χ0v) is 11.3. The number of aromatic nitrogens is 2. The Morgan fingerprint density at radius 2 is 2.26 bits per heavy atom. The molecule has 1 N–H and O–H groups in total. The van der Waals surface area contributed by atoms with E-state index in [-0.39, 0.29) is 0 Å². The molecule has 3 aromatic heterocycles. The van der Waals surface area contributed by atoms with Crippen LogP contribution in [0.3, 0.4) is 0 Å². The molecule has 3 heterocycles. The lowest BCUT2D eigenvalue weighted by Gasteiger charge is -2.19. The minimum Gasteiger partial charge on any atom is -0.468 e. The molecule has 0 saturated carbocycles. The summed E-state index contributed by atoms with van der Waals surface area (Å²) in [6.07, 6.45) is 5.29. The second-order valence-electron chi connectivity index (χ2n) is 4.43. The second-order valence-corrected chi connectivity index (χ2v) is 5.21. The van der Waals surface area contributed by atoms with Crippen LogP contribution in [0.5, 0.6) is 0 Å². The minimum atomic E-state index is 0.794. The molecule has 0 aliphatic carbocycles. The van der Waals surface area contributed by atoms with E-state index in [0.717, 1.165) is 31.1 Å². The van der Waals surface area contributed by atoms with Crippen molar-refractivity contribution in [1.82, 2.24) is 14.9 Å². The third-order valence-electron chi connectivity index (χ3n) is 2.89. The maximum Gasteiger partial charge on any atom is 0.117 e. The number of H-pyrrole nitrogens is 1. The normalized spacial score (nSPS) is 11.2. The third kappa shape index (κ3) is 3.33. The van der Waals surface area contributed by atoms with Crippen LogP contribution in [-0.4, -0.2) is 14.9 Å². The van der Waals surface area contributed by atoms with E-state index in [1.165, 1.54) is 5.56 Å². The number of hydrogen-bond donors (Lipinski definition) is 1. The van der Waals surface area contributed by atoms with E-state index in [1.54, 1.807) is 23.9 Å². The van der Waals surface area contributed by atoms with Gasteiger partial charge in [0.05, 0.1) is 19.1 Å². The van der Waals surface area contributed by atoms with Crippen molar-refractivity contribution < 1.29 is 4.42 Å². The van der Waals surface area contributed by atoms with Crippen molar-refractivity contribution in [3.8, 4) is 0 Å². The van der Waals surface area contributed by atoms with Gasteiger partial charge in [-0.05, 0) is 34.5 Å². The molecule has 19 heavy (non-hydrogen) atoms. The summed E-state index contributed by atoms with van der Waals surface area (Å²) in [5, 5.41) is 4.29. The smallest absolute Gasteiger partial charge is 0.117 e. The number of aromatic amines is 1. The van der Waals surface area contributed by atoms with Gasteiger partial charge in [-0.3, -0.25) is 4.90 Å². The summed E-state index contributed by atoms with van der Waals surface area (Å²) in [5.74, 6) is 0.981. The van der Waals surface area contributed by atoms with E-state index >= 15 is 0 Å². The van der Waals surface area contributed by atoms with Crippen LogP contribution in [0.1, 0.15) is 17.0 Å². The highest BCUT2D eigenvalue weighted by Gasteiger charge is 2.10. The number of nitrogens with one attached hydrogen (secondary N) is 1. The minimum absolute atomic E-state index is 0.794. The van der Waals surface area contributed by atoms with E-state index in [0.29, 0.717) is 0 Å². The maximum absolute atomic E-state index is 5.44. The van der Waals surface area contributed by atoms with Crippen LogP contribution in [-0.2, 0) is 19.6 Å². The van der Waals surface area contributed by atoms with Crippen LogP contribution in [0.4, 0.5) is 0 Å². The predicted molar refractivity (Wildman–Crippen MR) is 74.6 cm³/mol. The number of imidazole rings is 1. The van der Waals surface area contributed by atoms with Crippen molar-refractivity contribution in [2.24, 2.45) is 0 Å². The SMILES string of the molecule is c1coc(CN(Cc2ccsc2)Cc2cnc[nH]2)c1. The monoisotopic (exact) mass is 273 g/mol. The van der Waals surface area contributed by atoms with Gasteiger partial charge in [-0.25, -0.2) is 4.98 Å². The van der Waals surface area contributed by atoms with Crippen molar-refractivity contribution in [3.63, 3.8) is 0 Å².